The van der Waals surface area contributed by atoms with Crippen LogP contribution >= 0.6 is 0 Å². The van der Waals surface area contributed by atoms with Crippen molar-refractivity contribution in [1.82, 2.24) is 14.8 Å². The molecule has 0 bridgehead atoms. The van der Waals surface area contributed by atoms with Crippen LogP contribution in [0.25, 0.3) is 0 Å². The first-order valence-electron chi connectivity index (χ1n) is 7.18. The van der Waals surface area contributed by atoms with Crippen LogP contribution in [0.1, 0.15) is 24.2 Å². The first-order valence-corrected chi connectivity index (χ1v) is 7.18. The topological polar surface area (TPSA) is 48.5 Å². The molecular formula is C15H24N4O. The summed E-state index contributed by atoms with van der Waals surface area (Å²) in [6.07, 6.45) is 1.66. The Kier molecular flexibility index (Phi) is 4.60. The molecule has 0 aliphatic carbocycles. The van der Waals surface area contributed by atoms with E-state index in [-0.39, 0.29) is 5.91 Å². The maximum atomic E-state index is 12.5. The standard InChI is InChI=1S/C15H24N4O/c1-5-16-14-7-6-12(8-17-14)15(20)19-9-11(2)13(10-19)18(3)4/h6-8,11,13H,5,9-10H2,1-4H3,(H,16,17). The van der Waals surface area contributed by atoms with Crippen molar-refractivity contribution >= 4 is 11.7 Å². The molecule has 2 rings (SSSR count). The van der Waals surface area contributed by atoms with Gasteiger partial charge in [-0.1, -0.05) is 6.92 Å². The van der Waals surface area contributed by atoms with Gasteiger partial charge in [0.25, 0.3) is 5.91 Å². The second-order valence-corrected chi connectivity index (χ2v) is 5.68. The molecule has 5 heteroatoms. The maximum absolute atomic E-state index is 12.5. The zero-order valence-corrected chi connectivity index (χ0v) is 12.8. The van der Waals surface area contributed by atoms with Gasteiger partial charge in [-0.25, -0.2) is 4.98 Å². The summed E-state index contributed by atoms with van der Waals surface area (Å²) in [4.78, 5) is 20.9. The summed E-state index contributed by atoms with van der Waals surface area (Å²) in [6, 6.07) is 4.15. The molecular weight excluding hydrogens is 252 g/mol. The third-order valence-electron chi connectivity index (χ3n) is 3.89. The van der Waals surface area contributed by atoms with Crippen molar-refractivity contribution in [3.63, 3.8) is 0 Å². The number of pyridine rings is 1. The average molecular weight is 276 g/mol. The Hall–Kier alpha value is -1.62. The Morgan fingerprint density at radius 3 is 2.70 bits per heavy atom. The molecule has 110 valence electrons. The van der Waals surface area contributed by atoms with Crippen LogP contribution in [0.5, 0.6) is 0 Å². The fourth-order valence-corrected chi connectivity index (χ4v) is 2.78. The normalized spacial score (nSPS) is 22.4. The lowest BCUT2D eigenvalue weighted by molar-refractivity contribution is 0.0781. The van der Waals surface area contributed by atoms with E-state index in [1.807, 2.05) is 24.0 Å². The van der Waals surface area contributed by atoms with E-state index < -0.39 is 0 Å². The fourth-order valence-electron chi connectivity index (χ4n) is 2.78. The second kappa shape index (κ2) is 6.22. The van der Waals surface area contributed by atoms with Crippen LogP contribution in [0.3, 0.4) is 0 Å². The van der Waals surface area contributed by atoms with E-state index >= 15 is 0 Å². The van der Waals surface area contributed by atoms with Crippen molar-refractivity contribution in [3.8, 4) is 0 Å². The van der Waals surface area contributed by atoms with E-state index in [9.17, 15) is 4.79 Å². The van der Waals surface area contributed by atoms with Crippen LogP contribution in [-0.2, 0) is 0 Å². The predicted octanol–water partition coefficient (Wildman–Crippen LogP) is 1.54. The van der Waals surface area contributed by atoms with Gasteiger partial charge in [0.2, 0.25) is 0 Å². The summed E-state index contributed by atoms with van der Waals surface area (Å²) in [6.45, 7) is 6.66. The minimum absolute atomic E-state index is 0.0803. The highest BCUT2D eigenvalue weighted by atomic mass is 16.2. The third kappa shape index (κ3) is 3.10. The summed E-state index contributed by atoms with van der Waals surface area (Å²) in [5, 5.41) is 3.13. The molecule has 0 radical (unpaired) electrons. The van der Waals surface area contributed by atoms with Crippen LogP contribution in [0.2, 0.25) is 0 Å². The number of nitrogens with zero attached hydrogens (tertiary/aromatic N) is 3. The Morgan fingerprint density at radius 2 is 2.20 bits per heavy atom. The van der Waals surface area contributed by atoms with Gasteiger partial charge in [-0.15, -0.1) is 0 Å². The molecule has 1 amide bonds. The number of hydrogen-bond donors (Lipinski definition) is 1. The Bertz CT molecular complexity index is 457. The van der Waals surface area contributed by atoms with Gasteiger partial charge < -0.3 is 15.1 Å². The highest BCUT2D eigenvalue weighted by Gasteiger charge is 2.33. The molecule has 2 heterocycles. The van der Waals surface area contributed by atoms with Crippen molar-refractivity contribution in [1.29, 1.82) is 0 Å². The third-order valence-corrected chi connectivity index (χ3v) is 3.89. The zero-order valence-electron chi connectivity index (χ0n) is 12.8. The number of nitrogens with one attached hydrogen (secondary N) is 1. The number of aromatic nitrogens is 1. The van der Waals surface area contributed by atoms with E-state index in [2.05, 4.69) is 36.2 Å². The summed E-state index contributed by atoms with van der Waals surface area (Å²) in [7, 11) is 4.14. The van der Waals surface area contributed by atoms with E-state index in [0.717, 1.165) is 25.5 Å². The van der Waals surface area contributed by atoms with Gasteiger partial charge >= 0.3 is 0 Å². The predicted molar refractivity (Wildman–Crippen MR) is 80.9 cm³/mol. The maximum Gasteiger partial charge on any atom is 0.255 e. The summed E-state index contributed by atoms with van der Waals surface area (Å²) >= 11 is 0. The number of anilines is 1. The van der Waals surface area contributed by atoms with Crippen molar-refractivity contribution in [2.24, 2.45) is 5.92 Å². The van der Waals surface area contributed by atoms with E-state index in [1.165, 1.54) is 0 Å². The van der Waals surface area contributed by atoms with Gasteiger partial charge in [-0.3, -0.25) is 4.79 Å². The van der Waals surface area contributed by atoms with Gasteiger partial charge in [0.15, 0.2) is 0 Å². The number of carbonyl (C=O) groups excluding carboxylic acids is 1. The Labute approximate surface area is 121 Å². The molecule has 1 aromatic rings. The SMILES string of the molecule is CCNc1ccc(C(=O)N2CC(C)C(N(C)C)C2)cn1. The zero-order chi connectivity index (χ0) is 14.7. The van der Waals surface area contributed by atoms with Gasteiger partial charge in [-0.2, -0.15) is 0 Å². The summed E-state index contributed by atoms with van der Waals surface area (Å²) < 4.78 is 0. The highest BCUT2D eigenvalue weighted by molar-refractivity contribution is 5.94. The molecule has 0 aromatic carbocycles. The van der Waals surface area contributed by atoms with E-state index in [1.54, 1.807) is 6.20 Å². The fraction of sp³-hybridized carbons (Fsp3) is 0.600. The number of likely N-dealkylation sites (N-methyl/N-ethyl adjacent to an activating group) is 1. The summed E-state index contributed by atoms with van der Waals surface area (Å²) in [5.41, 5.74) is 0.665. The quantitative estimate of drug-likeness (QED) is 0.906. The Morgan fingerprint density at radius 1 is 1.45 bits per heavy atom. The lowest BCUT2D eigenvalue weighted by atomic mass is 10.1. The molecule has 0 saturated carbocycles. The minimum atomic E-state index is 0.0803. The van der Waals surface area contributed by atoms with Crippen LogP contribution in [0.4, 0.5) is 5.82 Å². The smallest absolute Gasteiger partial charge is 0.255 e. The van der Waals surface area contributed by atoms with Crippen LogP contribution in [0.15, 0.2) is 18.3 Å². The molecule has 5 nitrogen and oxygen atoms in total. The summed E-state index contributed by atoms with van der Waals surface area (Å²) in [5.74, 6) is 1.39. The molecule has 2 unspecified atom stereocenters. The van der Waals surface area contributed by atoms with Gasteiger partial charge in [-0.05, 0) is 39.1 Å². The van der Waals surface area contributed by atoms with Crippen molar-refractivity contribution in [2.75, 3.05) is 39.0 Å². The average Bonchev–Trinajstić information content (AvgIpc) is 2.81. The van der Waals surface area contributed by atoms with E-state index in [0.29, 0.717) is 17.5 Å². The molecule has 1 aromatic heterocycles. The molecule has 0 spiro atoms. The number of carbonyl (C=O) groups is 1. The Balaban J connectivity index is 2.04. The van der Waals surface area contributed by atoms with Gasteiger partial charge in [0, 0.05) is 31.9 Å². The number of hydrogen-bond acceptors (Lipinski definition) is 4. The minimum Gasteiger partial charge on any atom is -0.370 e. The molecule has 1 fully saturated rings. The molecule has 1 saturated heterocycles. The lowest BCUT2D eigenvalue weighted by Gasteiger charge is -2.22. The number of rotatable bonds is 4. The van der Waals surface area contributed by atoms with Crippen molar-refractivity contribution < 1.29 is 4.79 Å². The number of likely N-dealkylation sites (tertiary alicyclic amines) is 1. The van der Waals surface area contributed by atoms with Crippen LogP contribution < -0.4 is 5.32 Å². The molecule has 1 aliphatic heterocycles. The van der Waals surface area contributed by atoms with Gasteiger partial charge in [0.1, 0.15) is 5.82 Å². The first-order chi connectivity index (χ1) is 9.52. The molecule has 1 aliphatic rings. The first kappa shape index (κ1) is 14.8. The highest BCUT2D eigenvalue weighted by Crippen LogP contribution is 2.21. The molecule has 2 atom stereocenters. The molecule has 20 heavy (non-hydrogen) atoms. The van der Waals surface area contributed by atoms with Crippen LogP contribution in [-0.4, -0.2) is 60.5 Å². The number of amides is 1. The molecule has 1 N–H and O–H groups in total. The monoisotopic (exact) mass is 276 g/mol. The largest absolute Gasteiger partial charge is 0.370 e. The van der Waals surface area contributed by atoms with E-state index in [4.69, 9.17) is 0 Å². The van der Waals surface area contributed by atoms with Crippen molar-refractivity contribution in [2.45, 2.75) is 19.9 Å². The van der Waals surface area contributed by atoms with Crippen LogP contribution in [0, 0.1) is 5.92 Å². The lowest BCUT2D eigenvalue weighted by Crippen LogP contribution is -2.35. The van der Waals surface area contributed by atoms with Crippen molar-refractivity contribution in [3.05, 3.63) is 23.9 Å². The second-order valence-electron chi connectivity index (χ2n) is 5.68. The van der Waals surface area contributed by atoms with Gasteiger partial charge in [0.05, 0.1) is 5.56 Å².